The van der Waals surface area contributed by atoms with E-state index in [1.54, 1.807) is 13.2 Å². The van der Waals surface area contributed by atoms with Crippen molar-refractivity contribution in [2.75, 3.05) is 7.11 Å². The van der Waals surface area contributed by atoms with Gasteiger partial charge in [-0.1, -0.05) is 6.08 Å². The van der Waals surface area contributed by atoms with Gasteiger partial charge >= 0.3 is 0 Å². The smallest absolute Gasteiger partial charge is 0.131 e. The molecule has 0 amide bonds. The molecule has 5 nitrogen and oxygen atoms in total. The third-order valence-electron chi connectivity index (χ3n) is 3.89. The van der Waals surface area contributed by atoms with Gasteiger partial charge in [0.15, 0.2) is 0 Å². The fourth-order valence-corrected chi connectivity index (χ4v) is 2.74. The van der Waals surface area contributed by atoms with Crippen molar-refractivity contribution < 1.29 is 9.84 Å². The van der Waals surface area contributed by atoms with Gasteiger partial charge in [-0.3, -0.25) is 0 Å². The number of benzene rings is 1. The number of hydrogen-bond acceptors (Lipinski definition) is 4. The molecule has 2 rings (SSSR count). The third-order valence-corrected chi connectivity index (χ3v) is 3.89. The van der Waals surface area contributed by atoms with Crippen LogP contribution in [-0.4, -0.2) is 16.8 Å². The zero-order valence-corrected chi connectivity index (χ0v) is 14.1. The van der Waals surface area contributed by atoms with Gasteiger partial charge in [0.2, 0.25) is 0 Å². The lowest BCUT2D eigenvalue weighted by molar-refractivity contribution is 0.415. The van der Waals surface area contributed by atoms with Crippen LogP contribution in [0.2, 0.25) is 0 Å². The molecule has 0 fully saturated rings. The highest BCUT2D eigenvalue weighted by atomic mass is 16.5. The van der Waals surface area contributed by atoms with Gasteiger partial charge in [-0.2, -0.15) is 5.26 Å². The molecule has 124 valence electrons. The number of nitriles is 1. The van der Waals surface area contributed by atoms with Crippen molar-refractivity contribution in [1.82, 2.24) is 4.57 Å². The summed E-state index contributed by atoms with van der Waals surface area (Å²) in [6.45, 7) is 4.62. The average molecular weight is 323 g/mol. The number of hydrogen-bond donors (Lipinski definition) is 2. The van der Waals surface area contributed by atoms with E-state index in [-0.39, 0.29) is 5.76 Å². The fraction of sp³-hybridized carbons (Fsp3) is 0.211. The number of aliphatic hydroxyl groups is 1. The first-order chi connectivity index (χ1) is 11.6. The Bertz CT molecular complexity index is 880. The Labute approximate surface area is 141 Å². The van der Waals surface area contributed by atoms with Crippen LogP contribution in [0.25, 0.3) is 16.5 Å². The highest BCUT2D eigenvalue weighted by Gasteiger charge is 2.18. The quantitative estimate of drug-likeness (QED) is 0.646. The van der Waals surface area contributed by atoms with E-state index in [9.17, 15) is 10.4 Å². The first-order valence-corrected chi connectivity index (χ1v) is 7.67. The lowest BCUT2D eigenvalue weighted by Crippen LogP contribution is -2.00. The highest BCUT2D eigenvalue weighted by Crippen LogP contribution is 2.33. The van der Waals surface area contributed by atoms with Gasteiger partial charge in [0.05, 0.1) is 23.9 Å². The van der Waals surface area contributed by atoms with Gasteiger partial charge < -0.3 is 20.1 Å². The number of nitrogens with two attached hydrogens (primary N) is 1. The summed E-state index contributed by atoms with van der Waals surface area (Å²) in [5.74, 6) is 0.709. The Morgan fingerprint density at radius 2 is 2.17 bits per heavy atom. The summed E-state index contributed by atoms with van der Waals surface area (Å²) < 4.78 is 7.37. The predicted octanol–water partition coefficient (Wildman–Crippen LogP) is 3.86. The maximum absolute atomic E-state index is 9.69. The van der Waals surface area contributed by atoms with E-state index < -0.39 is 0 Å². The predicted molar refractivity (Wildman–Crippen MR) is 96.6 cm³/mol. The van der Waals surface area contributed by atoms with E-state index in [1.807, 2.05) is 38.1 Å². The second-order valence-electron chi connectivity index (χ2n) is 5.13. The van der Waals surface area contributed by atoms with Crippen LogP contribution in [0.1, 0.15) is 25.1 Å². The summed E-state index contributed by atoms with van der Waals surface area (Å²) >= 11 is 0. The maximum atomic E-state index is 9.69. The molecule has 0 bridgehead atoms. The SMILES string of the molecule is C\C=C(/C=C\C(O)=C\N)c1c(C#N)c2ccc(OC)cc2n1CC. The largest absolute Gasteiger partial charge is 0.506 e. The van der Waals surface area contributed by atoms with Crippen molar-refractivity contribution in [3.05, 3.63) is 59.6 Å². The molecule has 1 aromatic heterocycles. The number of nitrogens with zero attached hydrogens (tertiary/aromatic N) is 2. The van der Waals surface area contributed by atoms with Crippen molar-refractivity contribution in [1.29, 1.82) is 5.26 Å². The molecule has 1 heterocycles. The van der Waals surface area contributed by atoms with Crippen molar-refractivity contribution in [2.24, 2.45) is 5.73 Å². The monoisotopic (exact) mass is 323 g/mol. The van der Waals surface area contributed by atoms with Crippen LogP contribution in [-0.2, 0) is 6.54 Å². The van der Waals surface area contributed by atoms with Crippen LogP contribution in [0.4, 0.5) is 0 Å². The maximum Gasteiger partial charge on any atom is 0.131 e. The molecule has 0 radical (unpaired) electrons. The van der Waals surface area contributed by atoms with Crippen LogP contribution in [0.5, 0.6) is 5.75 Å². The molecule has 3 N–H and O–H groups in total. The van der Waals surface area contributed by atoms with Gasteiger partial charge in [0.25, 0.3) is 0 Å². The van der Waals surface area contributed by atoms with Crippen molar-refractivity contribution in [3.63, 3.8) is 0 Å². The Hall–Kier alpha value is -3.13. The number of ether oxygens (including phenoxy) is 1. The van der Waals surface area contributed by atoms with Crippen LogP contribution >= 0.6 is 0 Å². The Kier molecular flexibility index (Phi) is 5.33. The third kappa shape index (κ3) is 2.99. The van der Waals surface area contributed by atoms with E-state index in [0.717, 1.165) is 34.1 Å². The molecule has 0 unspecified atom stereocenters. The zero-order chi connectivity index (χ0) is 17.7. The molecule has 0 saturated carbocycles. The number of aromatic nitrogens is 1. The summed E-state index contributed by atoms with van der Waals surface area (Å²) in [6.07, 6.45) is 6.28. The second-order valence-corrected chi connectivity index (χ2v) is 5.13. The zero-order valence-electron chi connectivity index (χ0n) is 14.1. The van der Waals surface area contributed by atoms with Crippen molar-refractivity contribution in [2.45, 2.75) is 20.4 Å². The Morgan fingerprint density at radius 3 is 2.71 bits per heavy atom. The minimum Gasteiger partial charge on any atom is -0.506 e. The van der Waals surface area contributed by atoms with Gasteiger partial charge in [0, 0.05) is 24.2 Å². The Morgan fingerprint density at radius 1 is 1.42 bits per heavy atom. The standard InChI is InChI=1S/C19H21N3O2/c1-4-13(6-7-14(23)11-20)19-17(12-21)16-9-8-15(24-3)10-18(16)22(19)5-2/h4,6-11,23H,5,20H2,1-3H3/b7-6-,13-4+,14-11-. The first-order valence-electron chi connectivity index (χ1n) is 7.67. The van der Waals surface area contributed by atoms with Crippen LogP contribution in [0, 0.1) is 11.3 Å². The average Bonchev–Trinajstić information content (AvgIpc) is 2.94. The summed E-state index contributed by atoms with van der Waals surface area (Å²) in [6, 6.07) is 7.98. The molecule has 0 spiro atoms. The van der Waals surface area contributed by atoms with Gasteiger partial charge in [-0.15, -0.1) is 0 Å². The molecule has 24 heavy (non-hydrogen) atoms. The van der Waals surface area contributed by atoms with E-state index in [4.69, 9.17) is 10.5 Å². The topological polar surface area (TPSA) is 84.2 Å². The summed E-state index contributed by atoms with van der Waals surface area (Å²) in [7, 11) is 1.62. The van der Waals surface area contributed by atoms with Gasteiger partial charge in [-0.05, 0) is 43.7 Å². The second kappa shape index (κ2) is 7.42. The Balaban J connectivity index is 2.77. The molecule has 0 saturated heterocycles. The first kappa shape index (κ1) is 17.2. The number of aliphatic hydroxyl groups excluding tert-OH is 1. The number of aryl methyl sites for hydroxylation is 1. The van der Waals surface area contributed by atoms with Crippen LogP contribution in [0.3, 0.4) is 0 Å². The molecule has 2 aromatic rings. The van der Waals surface area contributed by atoms with Crippen LogP contribution < -0.4 is 10.5 Å². The number of allylic oxidation sites excluding steroid dienone is 4. The molecule has 0 aliphatic rings. The molecule has 5 heteroatoms. The molecule has 0 aliphatic heterocycles. The molecular formula is C19H21N3O2. The summed E-state index contributed by atoms with van der Waals surface area (Å²) in [4.78, 5) is 0. The normalized spacial score (nSPS) is 12.8. The molecule has 0 atom stereocenters. The van der Waals surface area contributed by atoms with E-state index in [2.05, 4.69) is 10.6 Å². The number of fused-ring (bicyclic) bond motifs is 1. The van der Waals surface area contributed by atoms with Crippen LogP contribution in [0.15, 0.2) is 48.4 Å². The minimum absolute atomic E-state index is 0.0336. The molecular weight excluding hydrogens is 302 g/mol. The van der Waals surface area contributed by atoms with E-state index >= 15 is 0 Å². The van der Waals surface area contributed by atoms with Crippen molar-refractivity contribution >= 4 is 16.5 Å². The highest BCUT2D eigenvalue weighted by molar-refractivity contribution is 5.95. The number of methoxy groups -OCH3 is 1. The molecule has 0 aliphatic carbocycles. The minimum atomic E-state index is -0.0336. The van der Waals surface area contributed by atoms with E-state index in [0.29, 0.717) is 12.1 Å². The van der Waals surface area contributed by atoms with Crippen molar-refractivity contribution in [3.8, 4) is 11.8 Å². The lowest BCUT2D eigenvalue weighted by Gasteiger charge is -2.09. The number of rotatable bonds is 5. The summed E-state index contributed by atoms with van der Waals surface area (Å²) in [5.41, 5.74) is 8.47. The lowest BCUT2D eigenvalue weighted by atomic mass is 10.1. The van der Waals surface area contributed by atoms with E-state index in [1.165, 1.54) is 6.08 Å². The van der Waals surface area contributed by atoms with Gasteiger partial charge in [0.1, 0.15) is 17.6 Å². The van der Waals surface area contributed by atoms with Gasteiger partial charge in [-0.25, -0.2) is 0 Å². The fourth-order valence-electron chi connectivity index (χ4n) is 2.74. The summed E-state index contributed by atoms with van der Waals surface area (Å²) in [5, 5.41) is 20.1. The molecule has 1 aromatic carbocycles.